The number of methoxy groups -OCH3 is 1. The standard InChI is InChI=1S/C11H5Cl5INO/c1-19-6-2-4(12)8(14)9(15)10(6)18-7(17)3-5(13)11(18)16/h2-3H,1H3. The molecule has 8 heteroatoms. The van der Waals surface area contributed by atoms with Crippen LogP contribution < -0.4 is 4.74 Å². The Balaban J connectivity index is 2.85. The van der Waals surface area contributed by atoms with E-state index in [0.717, 1.165) is 3.70 Å². The summed E-state index contributed by atoms with van der Waals surface area (Å²) in [5.41, 5.74) is 0.500. The van der Waals surface area contributed by atoms with Gasteiger partial charge in [-0.3, -0.25) is 4.57 Å². The summed E-state index contributed by atoms with van der Waals surface area (Å²) in [5, 5.41) is 1.52. The highest BCUT2D eigenvalue weighted by atomic mass is 127. The summed E-state index contributed by atoms with van der Waals surface area (Å²) >= 11 is 32.6. The van der Waals surface area contributed by atoms with Gasteiger partial charge in [-0.1, -0.05) is 58.0 Å². The van der Waals surface area contributed by atoms with Gasteiger partial charge >= 0.3 is 0 Å². The van der Waals surface area contributed by atoms with E-state index < -0.39 is 0 Å². The van der Waals surface area contributed by atoms with Crippen molar-refractivity contribution in [1.82, 2.24) is 4.57 Å². The SMILES string of the molecule is COc1cc(Cl)c(Cl)c(Cl)c1-n1c(I)cc(Cl)c1Cl. The number of ether oxygens (including phenoxy) is 1. The van der Waals surface area contributed by atoms with Gasteiger partial charge in [-0.25, -0.2) is 0 Å². The highest BCUT2D eigenvalue weighted by molar-refractivity contribution is 14.1. The molecule has 1 aromatic carbocycles. The van der Waals surface area contributed by atoms with Crippen LogP contribution in [0.4, 0.5) is 0 Å². The topological polar surface area (TPSA) is 14.2 Å². The van der Waals surface area contributed by atoms with Crippen molar-refractivity contribution in [2.24, 2.45) is 0 Å². The van der Waals surface area contributed by atoms with Crippen molar-refractivity contribution < 1.29 is 4.74 Å². The molecule has 0 saturated carbocycles. The maximum Gasteiger partial charge on any atom is 0.146 e. The molecule has 102 valence electrons. The van der Waals surface area contributed by atoms with Gasteiger partial charge in [0.15, 0.2) is 0 Å². The molecule has 0 aliphatic rings. The van der Waals surface area contributed by atoms with Gasteiger partial charge in [0.25, 0.3) is 0 Å². The first kappa shape index (κ1) is 15.9. The fraction of sp³-hybridized carbons (Fsp3) is 0.0909. The molecule has 0 aliphatic heterocycles. The Hall–Kier alpha value is 0.480. The summed E-state index contributed by atoms with van der Waals surface area (Å²) in [6.07, 6.45) is 0. The fourth-order valence-electron chi connectivity index (χ4n) is 1.56. The van der Waals surface area contributed by atoms with Crippen molar-refractivity contribution in [2.45, 2.75) is 0 Å². The molecule has 1 heterocycles. The summed E-state index contributed by atoms with van der Waals surface area (Å²) in [7, 11) is 1.51. The number of halogens is 6. The maximum atomic E-state index is 6.25. The van der Waals surface area contributed by atoms with E-state index in [4.69, 9.17) is 62.7 Å². The molecule has 0 atom stereocenters. The Morgan fingerprint density at radius 2 is 1.63 bits per heavy atom. The molecule has 2 nitrogen and oxygen atoms in total. The van der Waals surface area contributed by atoms with Gasteiger partial charge in [0.2, 0.25) is 0 Å². The van der Waals surface area contributed by atoms with Crippen LogP contribution in [0.15, 0.2) is 12.1 Å². The number of rotatable bonds is 2. The van der Waals surface area contributed by atoms with Crippen molar-refractivity contribution in [3.8, 4) is 11.4 Å². The molecule has 0 fully saturated rings. The van der Waals surface area contributed by atoms with Crippen molar-refractivity contribution in [3.63, 3.8) is 0 Å². The zero-order valence-electron chi connectivity index (χ0n) is 9.28. The third-order valence-corrected chi connectivity index (χ3v) is 5.20. The van der Waals surface area contributed by atoms with Crippen LogP contribution in [0.25, 0.3) is 5.69 Å². The lowest BCUT2D eigenvalue weighted by Crippen LogP contribution is -2.02. The second-order valence-electron chi connectivity index (χ2n) is 3.48. The third kappa shape index (κ3) is 2.78. The quantitative estimate of drug-likeness (QED) is 0.368. The van der Waals surface area contributed by atoms with E-state index in [1.54, 1.807) is 16.7 Å². The molecule has 0 amide bonds. The van der Waals surface area contributed by atoms with Gasteiger partial charge in [0.1, 0.15) is 16.6 Å². The van der Waals surface area contributed by atoms with Crippen molar-refractivity contribution in [2.75, 3.05) is 7.11 Å². The average Bonchev–Trinajstić information content (AvgIpc) is 2.61. The van der Waals surface area contributed by atoms with Crippen LogP contribution in [0.3, 0.4) is 0 Å². The van der Waals surface area contributed by atoms with Crippen LogP contribution in [0, 0.1) is 3.70 Å². The lowest BCUT2D eigenvalue weighted by Gasteiger charge is -2.16. The molecule has 0 saturated heterocycles. The second kappa shape index (κ2) is 6.08. The van der Waals surface area contributed by atoms with Gasteiger partial charge in [0.05, 0.1) is 30.9 Å². The Morgan fingerprint density at radius 1 is 1.00 bits per heavy atom. The molecular weight excluding hydrogens is 466 g/mol. The Labute approximate surface area is 148 Å². The Kier molecular flexibility index (Phi) is 5.07. The van der Waals surface area contributed by atoms with E-state index in [9.17, 15) is 0 Å². The molecule has 0 unspecified atom stereocenters. The van der Waals surface area contributed by atoms with Crippen LogP contribution in [-0.2, 0) is 0 Å². The first-order valence-corrected chi connectivity index (χ1v) is 7.79. The first-order chi connectivity index (χ1) is 8.88. The largest absolute Gasteiger partial charge is 0.494 e. The number of nitrogens with zero attached hydrogens (tertiary/aromatic N) is 1. The summed E-state index contributed by atoms with van der Waals surface area (Å²) in [4.78, 5) is 0. The van der Waals surface area contributed by atoms with E-state index >= 15 is 0 Å². The summed E-state index contributed by atoms with van der Waals surface area (Å²) in [6.45, 7) is 0. The highest BCUT2D eigenvalue weighted by Gasteiger charge is 2.22. The van der Waals surface area contributed by atoms with E-state index in [2.05, 4.69) is 22.6 Å². The average molecular weight is 471 g/mol. The maximum absolute atomic E-state index is 6.25. The minimum atomic E-state index is 0.232. The molecule has 0 aliphatic carbocycles. The number of aromatic nitrogens is 1. The molecule has 0 N–H and O–H groups in total. The molecule has 2 rings (SSSR count). The van der Waals surface area contributed by atoms with Crippen LogP contribution >= 0.6 is 80.6 Å². The third-order valence-electron chi connectivity index (χ3n) is 2.40. The summed E-state index contributed by atoms with van der Waals surface area (Å²) in [5.74, 6) is 0.450. The van der Waals surface area contributed by atoms with E-state index in [-0.39, 0.29) is 10.0 Å². The van der Waals surface area contributed by atoms with Crippen LogP contribution in [0.1, 0.15) is 0 Å². The Bertz CT molecular complexity index is 655. The monoisotopic (exact) mass is 469 g/mol. The molecule has 2 aromatic rings. The normalized spacial score (nSPS) is 10.9. The van der Waals surface area contributed by atoms with Crippen molar-refractivity contribution >= 4 is 80.6 Å². The molecule has 1 aromatic heterocycles. The molecule has 0 radical (unpaired) electrons. The van der Waals surface area contributed by atoms with Crippen LogP contribution in [0.5, 0.6) is 5.75 Å². The van der Waals surface area contributed by atoms with E-state index in [1.807, 2.05) is 0 Å². The lowest BCUT2D eigenvalue weighted by molar-refractivity contribution is 0.413. The minimum absolute atomic E-state index is 0.232. The number of hydrogen-bond acceptors (Lipinski definition) is 1. The molecule has 0 spiro atoms. The number of hydrogen-bond donors (Lipinski definition) is 0. The molecule has 0 bridgehead atoms. The second-order valence-corrected chi connectivity index (χ2v) is 6.51. The summed E-state index contributed by atoms with van der Waals surface area (Å²) in [6, 6.07) is 3.29. The molecular formula is C11H5Cl5INO. The lowest BCUT2D eigenvalue weighted by atomic mass is 10.3. The van der Waals surface area contributed by atoms with E-state index in [0.29, 0.717) is 26.6 Å². The van der Waals surface area contributed by atoms with Crippen LogP contribution in [-0.4, -0.2) is 11.7 Å². The summed E-state index contributed by atoms with van der Waals surface area (Å²) < 4.78 is 7.70. The van der Waals surface area contributed by atoms with Crippen molar-refractivity contribution in [1.29, 1.82) is 0 Å². The first-order valence-electron chi connectivity index (χ1n) is 4.82. The van der Waals surface area contributed by atoms with E-state index in [1.165, 1.54) is 7.11 Å². The smallest absolute Gasteiger partial charge is 0.146 e. The Morgan fingerprint density at radius 3 is 2.11 bits per heavy atom. The predicted octanol–water partition coefficient (Wildman–Crippen LogP) is 6.36. The predicted molar refractivity (Wildman–Crippen MR) is 90.1 cm³/mol. The van der Waals surface area contributed by atoms with Gasteiger partial charge in [-0.2, -0.15) is 0 Å². The zero-order valence-corrected chi connectivity index (χ0v) is 15.2. The zero-order chi connectivity index (χ0) is 14.3. The van der Waals surface area contributed by atoms with Gasteiger partial charge < -0.3 is 4.74 Å². The highest BCUT2D eigenvalue weighted by Crippen LogP contribution is 2.44. The van der Waals surface area contributed by atoms with Crippen molar-refractivity contribution in [3.05, 3.63) is 41.1 Å². The van der Waals surface area contributed by atoms with Crippen LogP contribution in [0.2, 0.25) is 25.2 Å². The number of benzene rings is 1. The molecule has 19 heavy (non-hydrogen) atoms. The fourth-order valence-corrected chi connectivity index (χ4v) is 3.77. The van der Waals surface area contributed by atoms with Gasteiger partial charge in [0, 0.05) is 6.07 Å². The minimum Gasteiger partial charge on any atom is -0.494 e. The van der Waals surface area contributed by atoms with Gasteiger partial charge in [-0.15, -0.1) is 0 Å². The van der Waals surface area contributed by atoms with Gasteiger partial charge in [-0.05, 0) is 28.7 Å².